The highest BCUT2D eigenvalue weighted by atomic mass is 32.2. The molecule has 0 aliphatic carbocycles. The van der Waals surface area contributed by atoms with Gasteiger partial charge in [-0.2, -0.15) is 11.8 Å². The van der Waals surface area contributed by atoms with Crippen molar-refractivity contribution in [3.8, 4) is 11.5 Å². The minimum atomic E-state index is -0.520. The molecule has 7 nitrogen and oxygen atoms in total. The van der Waals surface area contributed by atoms with Gasteiger partial charge in [0.25, 0.3) is 0 Å². The third kappa shape index (κ3) is 6.77. The number of rotatable bonds is 9. The third-order valence-corrected chi connectivity index (χ3v) is 6.70. The van der Waals surface area contributed by atoms with Crippen LogP contribution in [0.25, 0.3) is 0 Å². The molecule has 168 valence electrons. The van der Waals surface area contributed by atoms with Crippen molar-refractivity contribution in [2.75, 3.05) is 65.1 Å². The molecule has 1 atom stereocenters. The van der Waals surface area contributed by atoms with Crippen molar-refractivity contribution < 1.29 is 24.1 Å². The van der Waals surface area contributed by atoms with E-state index in [0.717, 1.165) is 62.6 Å². The maximum absolute atomic E-state index is 11.7. The molecule has 1 aromatic rings. The van der Waals surface area contributed by atoms with Gasteiger partial charge in [0.2, 0.25) is 0 Å². The first-order valence-electron chi connectivity index (χ1n) is 10.7. The maximum atomic E-state index is 11.7. The fourth-order valence-electron chi connectivity index (χ4n) is 4.00. The molecule has 3 rings (SSSR count). The topological polar surface area (TPSA) is 71.5 Å². The molecule has 0 amide bonds. The molecule has 0 spiro atoms. The normalized spacial score (nSPS) is 20.0. The van der Waals surface area contributed by atoms with Crippen molar-refractivity contribution in [2.45, 2.75) is 25.5 Å². The molecule has 30 heavy (non-hydrogen) atoms. The molecular weight excluding hydrogens is 404 g/mol. The fourth-order valence-corrected chi connectivity index (χ4v) is 4.98. The summed E-state index contributed by atoms with van der Waals surface area (Å²) in [6.07, 6.45) is 1.14. The number of thioether (sulfide) groups is 1. The zero-order valence-electron chi connectivity index (χ0n) is 18.0. The van der Waals surface area contributed by atoms with Crippen molar-refractivity contribution in [3.05, 3.63) is 23.8 Å². The number of β-amino-alcohol motifs (C(OH)–C–C–N with tert-alkyl or cyclic N) is 1. The van der Waals surface area contributed by atoms with Crippen LogP contribution in [-0.4, -0.2) is 92.0 Å². The van der Waals surface area contributed by atoms with Gasteiger partial charge in [0.05, 0.1) is 20.1 Å². The molecule has 1 N–H and O–H groups in total. The Labute approximate surface area is 183 Å². The molecule has 8 heteroatoms. The number of esters is 1. The summed E-state index contributed by atoms with van der Waals surface area (Å²) >= 11 is 1.96. The standard InChI is InChI=1S/C22H34N2O5S/c1-27-21-13-17(14-23-7-5-18(6-8-23)22(26)28-2)3-4-20(21)29-16-19(25)15-24-9-11-30-12-10-24/h3-4,13,18-19,25H,5-12,14-16H2,1-2H3/t19-/m1/s1. The summed E-state index contributed by atoms with van der Waals surface area (Å²) in [6, 6.07) is 5.95. The third-order valence-electron chi connectivity index (χ3n) is 5.76. The van der Waals surface area contributed by atoms with Crippen molar-refractivity contribution >= 4 is 17.7 Å². The van der Waals surface area contributed by atoms with E-state index < -0.39 is 6.10 Å². The highest BCUT2D eigenvalue weighted by molar-refractivity contribution is 7.99. The van der Waals surface area contributed by atoms with E-state index in [1.807, 2.05) is 30.0 Å². The highest BCUT2D eigenvalue weighted by Crippen LogP contribution is 2.29. The number of aliphatic hydroxyl groups excluding tert-OH is 1. The summed E-state index contributed by atoms with van der Waals surface area (Å²) in [5.74, 6) is 3.51. The first-order valence-corrected chi connectivity index (χ1v) is 11.8. The summed E-state index contributed by atoms with van der Waals surface area (Å²) in [5, 5.41) is 10.3. The van der Waals surface area contributed by atoms with Crippen molar-refractivity contribution in [2.24, 2.45) is 5.92 Å². The number of likely N-dealkylation sites (tertiary alicyclic amines) is 1. The van der Waals surface area contributed by atoms with Gasteiger partial charge in [-0.1, -0.05) is 6.07 Å². The predicted octanol–water partition coefficient (Wildman–Crippen LogP) is 1.87. The van der Waals surface area contributed by atoms with Crippen molar-refractivity contribution in [1.29, 1.82) is 0 Å². The number of hydrogen-bond acceptors (Lipinski definition) is 8. The van der Waals surface area contributed by atoms with Gasteiger partial charge in [-0.25, -0.2) is 0 Å². The lowest BCUT2D eigenvalue weighted by molar-refractivity contribution is -0.147. The quantitative estimate of drug-likeness (QED) is 0.586. The van der Waals surface area contributed by atoms with E-state index in [0.29, 0.717) is 18.0 Å². The van der Waals surface area contributed by atoms with E-state index in [9.17, 15) is 9.90 Å². The van der Waals surface area contributed by atoms with Crippen LogP contribution in [0.5, 0.6) is 11.5 Å². The average Bonchev–Trinajstić information content (AvgIpc) is 2.78. The summed E-state index contributed by atoms with van der Waals surface area (Å²) < 4.78 is 16.2. The molecule has 0 saturated carbocycles. The first kappa shape index (κ1) is 23.2. The zero-order valence-corrected chi connectivity index (χ0v) is 18.9. The Balaban J connectivity index is 1.48. The summed E-state index contributed by atoms with van der Waals surface area (Å²) in [6.45, 7) is 5.50. The second kappa shape index (κ2) is 11.8. The van der Waals surface area contributed by atoms with E-state index in [2.05, 4.69) is 9.80 Å². The van der Waals surface area contributed by atoms with Crippen LogP contribution >= 0.6 is 11.8 Å². The maximum Gasteiger partial charge on any atom is 0.308 e. The Bertz CT molecular complexity index is 675. The van der Waals surface area contributed by atoms with Crippen molar-refractivity contribution in [1.82, 2.24) is 9.80 Å². The lowest BCUT2D eigenvalue weighted by Crippen LogP contribution is -2.40. The van der Waals surface area contributed by atoms with Gasteiger partial charge in [0.1, 0.15) is 12.7 Å². The predicted molar refractivity (Wildman–Crippen MR) is 118 cm³/mol. The molecule has 2 saturated heterocycles. The van der Waals surface area contributed by atoms with Gasteiger partial charge >= 0.3 is 5.97 Å². The van der Waals surface area contributed by atoms with Crippen LogP contribution in [-0.2, 0) is 16.1 Å². The second-order valence-electron chi connectivity index (χ2n) is 7.94. The number of ether oxygens (including phenoxy) is 3. The Morgan fingerprint density at radius 1 is 1.13 bits per heavy atom. The number of carbonyl (C=O) groups excluding carboxylic acids is 1. The SMILES string of the molecule is COC(=O)C1CCN(Cc2ccc(OC[C@H](O)CN3CCSCC3)c(OC)c2)CC1. The van der Waals surface area contributed by atoms with Crippen molar-refractivity contribution in [3.63, 3.8) is 0 Å². The summed E-state index contributed by atoms with van der Waals surface area (Å²) in [7, 11) is 3.09. The van der Waals surface area contributed by atoms with E-state index in [1.165, 1.54) is 7.11 Å². The molecule has 2 heterocycles. The molecule has 0 aromatic heterocycles. The lowest BCUT2D eigenvalue weighted by Gasteiger charge is -2.30. The van der Waals surface area contributed by atoms with Crippen LogP contribution in [0.1, 0.15) is 18.4 Å². The average molecular weight is 439 g/mol. The number of aliphatic hydroxyl groups is 1. The molecule has 2 fully saturated rings. The molecule has 1 aromatic carbocycles. The van der Waals surface area contributed by atoms with E-state index in [4.69, 9.17) is 14.2 Å². The van der Waals surface area contributed by atoms with Crippen LogP contribution in [0.3, 0.4) is 0 Å². The highest BCUT2D eigenvalue weighted by Gasteiger charge is 2.25. The summed E-state index contributed by atoms with van der Waals surface area (Å²) in [4.78, 5) is 16.3. The minimum absolute atomic E-state index is 0.0201. The second-order valence-corrected chi connectivity index (χ2v) is 9.16. The van der Waals surface area contributed by atoms with Gasteiger partial charge in [-0.3, -0.25) is 14.6 Å². The van der Waals surface area contributed by atoms with Crippen LogP contribution in [0.2, 0.25) is 0 Å². The molecule has 0 unspecified atom stereocenters. The van der Waals surface area contributed by atoms with Crippen LogP contribution in [0, 0.1) is 5.92 Å². The van der Waals surface area contributed by atoms with E-state index in [-0.39, 0.29) is 18.5 Å². The van der Waals surface area contributed by atoms with Gasteiger partial charge < -0.3 is 19.3 Å². The Kier molecular flexibility index (Phi) is 9.11. The smallest absolute Gasteiger partial charge is 0.308 e. The largest absolute Gasteiger partial charge is 0.493 e. The van der Waals surface area contributed by atoms with E-state index >= 15 is 0 Å². The zero-order chi connectivity index (χ0) is 21.3. The molecular formula is C22H34N2O5S. The molecule has 0 radical (unpaired) electrons. The van der Waals surface area contributed by atoms with Gasteiger partial charge in [0.15, 0.2) is 11.5 Å². The number of nitrogens with zero attached hydrogens (tertiary/aromatic N) is 2. The summed E-state index contributed by atoms with van der Waals surface area (Å²) in [5.41, 5.74) is 1.14. The molecule has 2 aliphatic heterocycles. The molecule has 2 aliphatic rings. The van der Waals surface area contributed by atoms with E-state index in [1.54, 1.807) is 7.11 Å². The lowest BCUT2D eigenvalue weighted by atomic mass is 9.96. The number of hydrogen-bond donors (Lipinski definition) is 1. The van der Waals surface area contributed by atoms with Crippen LogP contribution in [0.4, 0.5) is 0 Å². The Hall–Kier alpha value is -1.48. The fraction of sp³-hybridized carbons (Fsp3) is 0.682. The molecule has 0 bridgehead atoms. The minimum Gasteiger partial charge on any atom is -0.493 e. The number of carbonyl (C=O) groups is 1. The Morgan fingerprint density at radius 2 is 1.87 bits per heavy atom. The first-order chi connectivity index (χ1) is 14.6. The monoisotopic (exact) mass is 438 g/mol. The number of methoxy groups -OCH3 is 2. The van der Waals surface area contributed by atoms with Gasteiger partial charge in [-0.15, -0.1) is 0 Å². The number of piperidine rings is 1. The van der Waals surface area contributed by atoms with Crippen LogP contribution in [0.15, 0.2) is 18.2 Å². The number of benzene rings is 1. The Morgan fingerprint density at radius 3 is 2.53 bits per heavy atom. The van der Waals surface area contributed by atoms with Crippen LogP contribution < -0.4 is 9.47 Å². The van der Waals surface area contributed by atoms with Gasteiger partial charge in [-0.05, 0) is 43.6 Å². The van der Waals surface area contributed by atoms with Gasteiger partial charge in [0, 0.05) is 37.7 Å².